The molecule has 0 unspecified atom stereocenters. The lowest BCUT2D eigenvalue weighted by Gasteiger charge is -2.30. The van der Waals surface area contributed by atoms with Crippen LogP contribution in [0.3, 0.4) is 0 Å². The fourth-order valence-corrected chi connectivity index (χ4v) is 3.46. The van der Waals surface area contributed by atoms with Crippen molar-refractivity contribution in [2.24, 2.45) is 10.4 Å². The predicted octanol–water partition coefficient (Wildman–Crippen LogP) is 3.71. The number of ether oxygens (including phenoxy) is 2. The van der Waals surface area contributed by atoms with E-state index in [0.29, 0.717) is 12.0 Å². The van der Waals surface area contributed by atoms with Gasteiger partial charge in [-0.3, -0.25) is 4.99 Å². The van der Waals surface area contributed by atoms with Crippen LogP contribution in [0.1, 0.15) is 37.7 Å². The van der Waals surface area contributed by atoms with Crippen LogP contribution in [0.4, 0.5) is 4.39 Å². The third-order valence-electron chi connectivity index (χ3n) is 5.03. The van der Waals surface area contributed by atoms with Crippen molar-refractivity contribution in [2.75, 3.05) is 34.4 Å². The molecule has 0 aromatic heterocycles. The van der Waals surface area contributed by atoms with Crippen LogP contribution in [-0.4, -0.2) is 40.4 Å². The number of halogens is 2. The van der Waals surface area contributed by atoms with Crippen molar-refractivity contribution in [1.29, 1.82) is 0 Å². The first kappa shape index (κ1) is 23.0. The van der Waals surface area contributed by atoms with Crippen molar-refractivity contribution in [3.05, 3.63) is 29.6 Å². The summed E-state index contributed by atoms with van der Waals surface area (Å²) in [6.07, 6.45) is 6.08. The molecule has 0 amide bonds. The molecule has 1 saturated carbocycles. The normalized spacial score (nSPS) is 16.1. The van der Waals surface area contributed by atoms with Gasteiger partial charge in [-0.2, -0.15) is 0 Å². The van der Waals surface area contributed by atoms with E-state index < -0.39 is 0 Å². The first-order valence-corrected chi connectivity index (χ1v) is 8.88. The third kappa shape index (κ3) is 6.57. The Morgan fingerprint density at radius 2 is 1.96 bits per heavy atom. The van der Waals surface area contributed by atoms with Crippen LogP contribution < -0.4 is 15.4 Å². The molecule has 0 saturated heterocycles. The standard InChI is InChI=1S/C19H30FN3O2.HI/c1-21-18(22-13-15-6-7-17(25-3)16(20)12-15)23-14-19(10-11-24-2)8-4-5-9-19;/h6-7,12H,4-5,8-11,13-14H2,1-3H3,(H2,21,22,23);1H. The zero-order chi connectivity index (χ0) is 18.1. The van der Waals surface area contributed by atoms with E-state index in [1.54, 1.807) is 20.2 Å². The predicted molar refractivity (Wildman–Crippen MR) is 114 cm³/mol. The van der Waals surface area contributed by atoms with Gasteiger partial charge in [0, 0.05) is 33.9 Å². The number of hydrogen-bond donors (Lipinski definition) is 2. The Bertz CT molecular complexity index is 578. The molecule has 0 radical (unpaired) electrons. The highest BCUT2D eigenvalue weighted by molar-refractivity contribution is 14.0. The van der Waals surface area contributed by atoms with Crippen LogP contribution >= 0.6 is 24.0 Å². The second kappa shape index (κ2) is 11.6. The summed E-state index contributed by atoms with van der Waals surface area (Å²) in [5.74, 6) is 0.640. The SMILES string of the molecule is CN=C(NCc1ccc(OC)c(F)c1)NCC1(CCOC)CCCC1.I. The van der Waals surface area contributed by atoms with E-state index in [0.717, 1.165) is 31.1 Å². The molecule has 5 nitrogen and oxygen atoms in total. The number of hydrogen-bond acceptors (Lipinski definition) is 3. The third-order valence-corrected chi connectivity index (χ3v) is 5.03. The van der Waals surface area contributed by atoms with Crippen molar-refractivity contribution in [3.8, 4) is 5.75 Å². The number of guanidine groups is 1. The molecular formula is C19H31FIN3O2. The van der Waals surface area contributed by atoms with Crippen LogP contribution in [0.5, 0.6) is 5.75 Å². The lowest BCUT2D eigenvalue weighted by molar-refractivity contribution is 0.138. The van der Waals surface area contributed by atoms with Crippen LogP contribution in [0.2, 0.25) is 0 Å². The quantitative estimate of drug-likeness (QED) is 0.339. The van der Waals surface area contributed by atoms with Crippen LogP contribution in [0.15, 0.2) is 23.2 Å². The molecule has 0 bridgehead atoms. The Kier molecular flexibility index (Phi) is 10.2. The average Bonchev–Trinajstić information content (AvgIpc) is 3.09. The minimum absolute atomic E-state index is 0. The van der Waals surface area contributed by atoms with E-state index in [4.69, 9.17) is 9.47 Å². The fraction of sp³-hybridized carbons (Fsp3) is 0.632. The highest BCUT2D eigenvalue weighted by Gasteiger charge is 2.33. The smallest absolute Gasteiger partial charge is 0.191 e. The number of aliphatic imine (C=N–C) groups is 1. The van der Waals surface area contributed by atoms with Crippen molar-refractivity contribution in [2.45, 2.75) is 38.6 Å². The van der Waals surface area contributed by atoms with E-state index in [9.17, 15) is 4.39 Å². The second-order valence-electron chi connectivity index (χ2n) is 6.70. The molecule has 26 heavy (non-hydrogen) atoms. The Morgan fingerprint density at radius 3 is 2.54 bits per heavy atom. The van der Waals surface area contributed by atoms with Gasteiger partial charge in [0.15, 0.2) is 17.5 Å². The Balaban J connectivity index is 0.00000338. The summed E-state index contributed by atoms with van der Waals surface area (Å²) in [6.45, 7) is 2.18. The number of rotatable bonds is 8. The molecule has 2 rings (SSSR count). The van der Waals surface area contributed by atoms with Crippen LogP contribution in [-0.2, 0) is 11.3 Å². The van der Waals surface area contributed by atoms with Crippen molar-refractivity contribution < 1.29 is 13.9 Å². The zero-order valence-electron chi connectivity index (χ0n) is 15.9. The van der Waals surface area contributed by atoms with Crippen molar-refractivity contribution in [3.63, 3.8) is 0 Å². The zero-order valence-corrected chi connectivity index (χ0v) is 18.3. The Morgan fingerprint density at radius 1 is 1.23 bits per heavy atom. The summed E-state index contributed by atoms with van der Waals surface area (Å²) in [6, 6.07) is 4.97. The number of methoxy groups -OCH3 is 2. The molecule has 0 aliphatic heterocycles. The molecule has 0 spiro atoms. The van der Waals surface area contributed by atoms with Gasteiger partial charge in [-0.05, 0) is 42.4 Å². The summed E-state index contributed by atoms with van der Waals surface area (Å²) in [4.78, 5) is 4.28. The highest BCUT2D eigenvalue weighted by atomic mass is 127. The molecule has 1 aromatic carbocycles. The van der Waals surface area contributed by atoms with E-state index in [1.807, 2.05) is 6.07 Å². The summed E-state index contributed by atoms with van der Waals surface area (Å²) < 4.78 is 24.0. The minimum atomic E-state index is -0.353. The molecule has 0 heterocycles. The molecule has 1 aliphatic rings. The summed E-state index contributed by atoms with van der Waals surface area (Å²) in [5, 5.41) is 6.68. The van der Waals surface area contributed by atoms with Crippen LogP contribution in [0.25, 0.3) is 0 Å². The van der Waals surface area contributed by atoms with Gasteiger partial charge >= 0.3 is 0 Å². The van der Waals surface area contributed by atoms with Crippen molar-refractivity contribution >= 4 is 29.9 Å². The van der Waals surface area contributed by atoms with Gasteiger partial charge in [-0.25, -0.2) is 4.39 Å². The maximum absolute atomic E-state index is 13.8. The largest absolute Gasteiger partial charge is 0.494 e. The lowest BCUT2D eigenvalue weighted by Crippen LogP contribution is -2.43. The van der Waals surface area contributed by atoms with Gasteiger partial charge in [0.2, 0.25) is 0 Å². The Labute approximate surface area is 173 Å². The highest BCUT2D eigenvalue weighted by Crippen LogP contribution is 2.40. The molecular weight excluding hydrogens is 448 g/mol. The monoisotopic (exact) mass is 479 g/mol. The topological polar surface area (TPSA) is 54.9 Å². The first-order valence-electron chi connectivity index (χ1n) is 8.88. The first-order chi connectivity index (χ1) is 12.1. The lowest BCUT2D eigenvalue weighted by atomic mass is 9.83. The van der Waals surface area contributed by atoms with Gasteiger partial charge in [0.25, 0.3) is 0 Å². The van der Waals surface area contributed by atoms with E-state index in [1.165, 1.54) is 38.9 Å². The Hall–Kier alpha value is -1.09. The van der Waals surface area contributed by atoms with Gasteiger partial charge in [-0.15, -0.1) is 24.0 Å². The fourth-order valence-electron chi connectivity index (χ4n) is 3.46. The number of nitrogens with one attached hydrogen (secondary N) is 2. The molecule has 1 fully saturated rings. The number of nitrogens with zero attached hydrogens (tertiary/aromatic N) is 1. The van der Waals surface area contributed by atoms with Gasteiger partial charge < -0.3 is 20.1 Å². The second-order valence-corrected chi connectivity index (χ2v) is 6.70. The molecule has 7 heteroatoms. The van der Waals surface area contributed by atoms with Gasteiger partial charge in [0.1, 0.15) is 0 Å². The van der Waals surface area contributed by atoms with Gasteiger partial charge in [-0.1, -0.05) is 18.9 Å². The van der Waals surface area contributed by atoms with E-state index >= 15 is 0 Å². The minimum Gasteiger partial charge on any atom is -0.494 e. The number of benzene rings is 1. The summed E-state index contributed by atoms with van der Waals surface area (Å²) in [5.41, 5.74) is 1.14. The molecule has 0 atom stereocenters. The molecule has 148 valence electrons. The van der Waals surface area contributed by atoms with E-state index in [2.05, 4.69) is 15.6 Å². The molecule has 1 aliphatic carbocycles. The summed E-state index contributed by atoms with van der Waals surface area (Å²) >= 11 is 0. The molecule has 1 aromatic rings. The average molecular weight is 479 g/mol. The van der Waals surface area contributed by atoms with Gasteiger partial charge in [0.05, 0.1) is 7.11 Å². The molecule has 2 N–H and O–H groups in total. The maximum atomic E-state index is 13.8. The van der Waals surface area contributed by atoms with Crippen LogP contribution in [0, 0.1) is 11.2 Å². The van der Waals surface area contributed by atoms with Crippen molar-refractivity contribution in [1.82, 2.24) is 10.6 Å². The summed E-state index contributed by atoms with van der Waals surface area (Å²) in [7, 11) is 4.97. The van der Waals surface area contributed by atoms with E-state index in [-0.39, 0.29) is 35.5 Å². The maximum Gasteiger partial charge on any atom is 0.191 e.